The lowest BCUT2D eigenvalue weighted by Crippen LogP contribution is -2.45. The highest BCUT2D eigenvalue weighted by Gasteiger charge is 2.30. The number of aromatic nitrogens is 2. The number of hydrogen-bond donors (Lipinski definition) is 1. The van der Waals surface area contributed by atoms with Gasteiger partial charge >= 0.3 is 0 Å². The zero-order valence-corrected chi connectivity index (χ0v) is 21.6. The molecule has 1 amide bonds. The molecule has 1 N–H and O–H groups in total. The van der Waals surface area contributed by atoms with Crippen LogP contribution in [0.15, 0.2) is 36.4 Å². The predicted molar refractivity (Wildman–Crippen MR) is 142 cm³/mol. The highest BCUT2D eigenvalue weighted by atomic mass is 16.5. The summed E-state index contributed by atoms with van der Waals surface area (Å²) in [5, 5.41) is 14.3. The number of aryl methyl sites for hydroxylation is 3. The third-order valence-corrected chi connectivity index (χ3v) is 7.52. The Hall–Kier alpha value is -3.43. The molecular weight excluding hydrogens is 448 g/mol. The largest absolute Gasteiger partial charge is 0.375 e. The Labute approximate surface area is 213 Å². The van der Waals surface area contributed by atoms with Gasteiger partial charge in [0.2, 0.25) is 5.91 Å². The van der Waals surface area contributed by atoms with Crippen LogP contribution in [0, 0.1) is 25.2 Å². The van der Waals surface area contributed by atoms with Gasteiger partial charge in [-0.15, -0.1) is 0 Å². The smallest absolute Gasteiger partial charge is 0.244 e. The second kappa shape index (κ2) is 9.55. The van der Waals surface area contributed by atoms with Crippen LogP contribution in [0.25, 0.3) is 17.1 Å². The van der Waals surface area contributed by atoms with Crippen LogP contribution in [-0.4, -0.2) is 33.7 Å². The molecule has 1 saturated heterocycles. The van der Waals surface area contributed by atoms with Gasteiger partial charge in [0, 0.05) is 29.8 Å². The van der Waals surface area contributed by atoms with E-state index in [0.29, 0.717) is 12.2 Å². The SMILES string of the molecule is Cc1cc(C)c2c(C#N)c(C=CC(=O)N[C@@H]3CCOC(C)(C)C3)n([C@@H]3CCCc4ccccc43)c2n1. The first kappa shape index (κ1) is 24.3. The molecule has 1 aliphatic carbocycles. The number of nitriles is 1. The zero-order chi connectivity index (χ0) is 25.4. The summed E-state index contributed by atoms with van der Waals surface area (Å²) in [4.78, 5) is 17.9. The average Bonchev–Trinajstić information content (AvgIpc) is 3.15. The molecule has 6 heteroatoms. The number of nitrogens with zero attached hydrogens (tertiary/aromatic N) is 3. The molecule has 1 fully saturated rings. The fourth-order valence-electron chi connectivity index (χ4n) is 6.01. The maximum Gasteiger partial charge on any atom is 0.244 e. The van der Waals surface area contributed by atoms with Crippen LogP contribution >= 0.6 is 0 Å². The molecule has 0 unspecified atom stereocenters. The lowest BCUT2D eigenvalue weighted by atomic mass is 9.87. The second-order valence-electron chi connectivity index (χ2n) is 10.8. The molecule has 0 radical (unpaired) electrons. The fraction of sp³-hybridized carbons (Fsp3) is 0.433. The molecule has 2 atom stereocenters. The van der Waals surface area contributed by atoms with Crippen molar-refractivity contribution in [2.45, 2.75) is 77.5 Å². The van der Waals surface area contributed by atoms with Gasteiger partial charge in [0.05, 0.1) is 22.9 Å². The number of fused-ring (bicyclic) bond motifs is 2. The topological polar surface area (TPSA) is 79.9 Å². The van der Waals surface area contributed by atoms with Gasteiger partial charge in [-0.2, -0.15) is 5.26 Å². The van der Waals surface area contributed by atoms with Crippen molar-refractivity contribution in [1.29, 1.82) is 5.26 Å². The first-order chi connectivity index (χ1) is 17.3. The van der Waals surface area contributed by atoms with Gasteiger partial charge in [-0.25, -0.2) is 4.98 Å². The van der Waals surface area contributed by atoms with Crippen LogP contribution in [0.2, 0.25) is 0 Å². The van der Waals surface area contributed by atoms with Crippen molar-refractivity contribution in [2.75, 3.05) is 6.61 Å². The van der Waals surface area contributed by atoms with Crippen LogP contribution in [-0.2, 0) is 16.0 Å². The minimum absolute atomic E-state index is 0.0623. The number of ether oxygens (including phenoxy) is 1. The van der Waals surface area contributed by atoms with E-state index >= 15 is 0 Å². The number of benzene rings is 1. The number of hydrogen-bond acceptors (Lipinski definition) is 4. The maximum atomic E-state index is 13.0. The molecule has 0 spiro atoms. The molecule has 0 saturated carbocycles. The number of carbonyl (C=O) groups excluding carboxylic acids is 1. The van der Waals surface area contributed by atoms with Crippen molar-refractivity contribution in [2.24, 2.45) is 0 Å². The molecular formula is C30H34N4O2. The van der Waals surface area contributed by atoms with Crippen LogP contribution < -0.4 is 5.32 Å². The summed E-state index contributed by atoms with van der Waals surface area (Å²) in [5.74, 6) is -0.150. The summed E-state index contributed by atoms with van der Waals surface area (Å²) in [5.41, 5.74) is 6.46. The summed E-state index contributed by atoms with van der Waals surface area (Å²) in [7, 11) is 0. The molecule has 3 aromatic rings. The van der Waals surface area contributed by atoms with Gasteiger partial charge in [0.15, 0.2) is 0 Å². The van der Waals surface area contributed by atoms with Gasteiger partial charge in [0.1, 0.15) is 11.7 Å². The number of pyridine rings is 1. The van der Waals surface area contributed by atoms with Crippen molar-refractivity contribution in [3.8, 4) is 6.07 Å². The van der Waals surface area contributed by atoms with Gasteiger partial charge in [-0.05, 0) is 88.6 Å². The third-order valence-electron chi connectivity index (χ3n) is 7.52. The van der Waals surface area contributed by atoms with Gasteiger partial charge in [0.25, 0.3) is 0 Å². The molecule has 3 heterocycles. The van der Waals surface area contributed by atoms with E-state index in [0.717, 1.165) is 60.1 Å². The first-order valence-electron chi connectivity index (χ1n) is 12.9. The Morgan fingerprint density at radius 3 is 2.86 bits per heavy atom. The first-order valence-corrected chi connectivity index (χ1v) is 12.9. The lowest BCUT2D eigenvalue weighted by molar-refractivity contribution is -0.119. The van der Waals surface area contributed by atoms with Crippen LogP contribution in [0.3, 0.4) is 0 Å². The van der Waals surface area contributed by atoms with Gasteiger partial charge in [-0.1, -0.05) is 24.3 Å². The molecule has 2 aliphatic rings. The lowest BCUT2D eigenvalue weighted by Gasteiger charge is -2.35. The minimum atomic E-state index is -0.240. The third kappa shape index (κ3) is 4.56. The average molecular weight is 483 g/mol. The summed E-state index contributed by atoms with van der Waals surface area (Å²) in [6.45, 7) is 8.77. The monoisotopic (exact) mass is 482 g/mol. The molecule has 1 aliphatic heterocycles. The van der Waals surface area contributed by atoms with E-state index in [4.69, 9.17) is 9.72 Å². The molecule has 5 rings (SSSR count). The molecule has 1 aromatic carbocycles. The van der Waals surface area contributed by atoms with Crippen LogP contribution in [0.4, 0.5) is 0 Å². The Morgan fingerprint density at radius 1 is 1.28 bits per heavy atom. The highest BCUT2D eigenvalue weighted by Crippen LogP contribution is 2.39. The standard InChI is InChI=1S/C30H34N4O2/c1-19-16-20(2)32-29-28(19)24(18-31)26(12-13-27(35)33-22-14-15-36-30(3,4)17-22)34(29)25-11-7-9-21-8-5-6-10-23(21)25/h5-6,8,10,12-13,16,22,25H,7,9,11,14-15,17H2,1-4H3,(H,33,35)/t22-,25-/m1/s1. The van der Waals surface area contributed by atoms with Crippen molar-refractivity contribution in [3.05, 3.63) is 70.0 Å². The van der Waals surface area contributed by atoms with E-state index in [1.807, 2.05) is 26.0 Å². The van der Waals surface area contributed by atoms with Crippen LogP contribution in [0.1, 0.15) is 79.2 Å². The maximum absolute atomic E-state index is 13.0. The number of amides is 1. The number of carbonyl (C=O) groups is 1. The van der Waals surface area contributed by atoms with Crippen LogP contribution in [0.5, 0.6) is 0 Å². The van der Waals surface area contributed by atoms with Crippen molar-refractivity contribution in [1.82, 2.24) is 14.9 Å². The highest BCUT2D eigenvalue weighted by molar-refractivity contribution is 5.96. The number of nitrogens with one attached hydrogen (secondary N) is 1. The zero-order valence-electron chi connectivity index (χ0n) is 21.6. The Kier molecular flexibility index (Phi) is 6.44. The molecule has 0 bridgehead atoms. The van der Waals surface area contributed by atoms with Gasteiger partial charge in [-0.3, -0.25) is 4.79 Å². The van der Waals surface area contributed by atoms with Gasteiger partial charge < -0.3 is 14.6 Å². The van der Waals surface area contributed by atoms with Crippen molar-refractivity contribution < 1.29 is 9.53 Å². The Balaban J connectivity index is 1.59. The summed E-state index contributed by atoms with van der Waals surface area (Å²) in [6, 6.07) is 13.1. The summed E-state index contributed by atoms with van der Waals surface area (Å²) < 4.78 is 7.99. The van der Waals surface area contributed by atoms with E-state index in [9.17, 15) is 10.1 Å². The summed E-state index contributed by atoms with van der Waals surface area (Å²) in [6.07, 6.45) is 8.04. The minimum Gasteiger partial charge on any atom is -0.375 e. The van der Waals surface area contributed by atoms with Crippen molar-refractivity contribution >= 4 is 23.0 Å². The Morgan fingerprint density at radius 2 is 2.08 bits per heavy atom. The fourth-order valence-corrected chi connectivity index (χ4v) is 6.01. The molecule has 2 aromatic heterocycles. The van der Waals surface area contributed by atoms with E-state index < -0.39 is 0 Å². The predicted octanol–water partition coefficient (Wildman–Crippen LogP) is 5.54. The van der Waals surface area contributed by atoms with E-state index in [1.165, 1.54) is 11.1 Å². The normalized spacial score (nSPS) is 21.3. The van der Waals surface area contributed by atoms with E-state index in [2.05, 4.69) is 54.1 Å². The van der Waals surface area contributed by atoms with Crippen molar-refractivity contribution in [3.63, 3.8) is 0 Å². The quantitative estimate of drug-likeness (QED) is 0.495. The number of rotatable bonds is 4. The molecule has 6 nitrogen and oxygen atoms in total. The molecule has 36 heavy (non-hydrogen) atoms. The Bertz CT molecular complexity index is 1390. The summed E-state index contributed by atoms with van der Waals surface area (Å²) >= 11 is 0. The van der Waals surface area contributed by atoms with E-state index in [-0.39, 0.29) is 23.6 Å². The van der Waals surface area contributed by atoms with E-state index in [1.54, 1.807) is 6.08 Å². The second-order valence-corrected chi connectivity index (χ2v) is 10.8. The molecule has 186 valence electrons.